The first kappa shape index (κ1) is 13.0. The lowest BCUT2D eigenvalue weighted by Crippen LogP contribution is -2.21. The molecule has 0 bridgehead atoms. The second-order valence-electron chi connectivity index (χ2n) is 2.94. The quantitative estimate of drug-likeness (QED) is 0.616. The number of hydrogen-bond donors (Lipinski definition) is 2. The van der Waals surface area contributed by atoms with Crippen LogP contribution in [0.4, 0.5) is 13.6 Å². The van der Waals surface area contributed by atoms with Crippen LogP contribution in [0.15, 0.2) is 23.3 Å². The van der Waals surface area contributed by atoms with Crippen LogP contribution in [0.3, 0.4) is 0 Å². The van der Waals surface area contributed by atoms with E-state index in [1.54, 1.807) is 0 Å². The lowest BCUT2D eigenvalue weighted by Gasteiger charge is -2.05. The van der Waals surface area contributed by atoms with E-state index in [0.29, 0.717) is 6.07 Å². The molecule has 0 spiro atoms. The lowest BCUT2D eigenvalue weighted by molar-refractivity contribution is 0.171. The van der Waals surface area contributed by atoms with Crippen molar-refractivity contribution in [2.45, 2.75) is 0 Å². The number of benzene rings is 1. The SMILES string of the molecule is COC(=O)N/N=C(\CO)c1ccc(F)cc1F. The van der Waals surface area contributed by atoms with E-state index in [1.165, 1.54) is 0 Å². The first-order valence-corrected chi connectivity index (χ1v) is 4.55. The van der Waals surface area contributed by atoms with Gasteiger partial charge in [0.2, 0.25) is 0 Å². The molecule has 5 nitrogen and oxygen atoms in total. The highest BCUT2D eigenvalue weighted by molar-refractivity contribution is 6.01. The van der Waals surface area contributed by atoms with Crippen molar-refractivity contribution in [1.82, 2.24) is 5.43 Å². The second-order valence-corrected chi connectivity index (χ2v) is 2.94. The number of aliphatic hydroxyl groups excluding tert-OH is 1. The predicted octanol–water partition coefficient (Wildman–Crippen LogP) is 1.02. The number of rotatable bonds is 3. The lowest BCUT2D eigenvalue weighted by atomic mass is 10.1. The fourth-order valence-electron chi connectivity index (χ4n) is 1.06. The summed E-state index contributed by atoms with van der Waals surface area (Å²) in [4.78, 5) is 10.7. The third-order valence-corrected chi connectivity index (χ3v) is 1.86. The number of nitrogens with one attached hydrogen (secondary N) is 1. The minimum absolute atomic E-state index is 0.106. The zero-order chi connectivity index (χ0) is 12.8. The largest absolute Gasteiger partial charge is 0.452 e. The van der Waals surface area contributed by atoms with Gasteiger partial charge in [0, 0.05) is 11.6 Å². The molecule has 2 N–H and O–H groups in total. The monoisotopic (exact) mass is 244 g/mol. The van der Waals surface area contributed by atoms with Crippen LogP contribution in [0.5, 0.6) is 0 Å². The van der Waals surface area contributed by atoms with Gasteiger partial charge in [-0.05, 0) is 12.1 Å². The van der Waals surface area contributed by atoms with Crippen molar-refractivity contribution in [3.05, 3.63) is 35.4 Å². The topological polar surface area (TPSA) is 70.9 Å². The molecule has 1 aromatic rings. The van der Waals surface area contributed by atoms with E-state index < -0.39 is 24.3 Å². The van der Waals surface area contributed by atoms with Gasteiger partial charge in [0.15, 0.2) is 0 Å². The summed E-state index contributed by atoms with van der Waals surface area (Å²) >= 11 is 0. The molecule has 0 aliphatic heterocycles. The minimum atomic E-state index is -0.885. The molecule has 0 aliphatic carbocycles. The molecule has 0 atom stereocenters. The van der Waals surface area contributed by atoms with Crippen LogP contribution in [-0.2, 0) is 4.74 Å². The Bertz CT molecular complexity index is 449. The van der Waals surface area contributed by atoms with E-state index in [-0.39, 0.29) is 11.3 Å². The summed E-state index contributed by atoms with van der Waals surface area (Å²) in [6.07, 6.45) is -0.863. The van der Waals surface area contributed by atoms with Gasteiger partial charge in [0.1, 0.15) is 11.6 Å². The molecule has 0 heterocycles. The standard InChI is InChI=1S/C10H10F2N2O3/c1-17-10(16)14-13-9(5-15)7-3-2-6(11)4-8(7)12/h2-4,15H,5H2,1H3,(H,14,16)/b13-9+. The summed E-state index contributed by atoms with van der Waals surface area (Å²) in [7, 11) is 1.13. The van der Waals surface area contributed by atoms with Crippen LogP contribution >= 0.6 is 0 Å². The van der Waals surface area contributed by atoms with Crippen molar-refractivity contribution in [3.63, 3.8) is 0 Å². The molecule has 17 heavy (non-hydrogen) atoms. The summed E-state index contributed by atoms with van der Waals surface area (Å²) in [5.41, 5.74) is 1.68. The number of hydrazone groups is 1. The van der Waals surface area contributed by atoms with Crippen molar-refractivity contribution in [3.8, 4) is 0 Å². The average molecular weight is 244 g/mol. The van der Waals surface area contributed by atoms with Gasteiger partial charge in [-0.15, -0.1) is 0 Å². The normalized spacial score (nSPS) is 11.2. The first-order chi connectivity index (χ1) is 8.08. The van der Waals surface area contributed by atoms with Crippen LogP contribution in [-0.4, -0.2) is 30.6 Å². The van der Waals surface area contributed by atoms with Gasteiger partial charge in [-0.3, -0.25) is 0 Å². The Hall–Kier alpha value is -2.02. The first-order valence-electron chi connectivity index (χ1n) is 4.55. The zero-order valence-corrected chi connectivity index (χ0v) is 8.91. The summed E-state index contributed by atoms with van der Waals surface area (Å²) in [6, 6.07) is 2.78. The fourth-order valence-corrected chi connectivity index (χ4v) is 1.06. The number of ether oxygens (including phenoxy) is 1. The summed E-state index contributed by atoms with van der Waals surface area (Å²) in [5.74, 6) is -1.63. The molecule has 0 saturated heterocycles. The van der Waals surface area contributed by atoms with Gasteiger partial charge in [-0.25, -0.2) is 19.0 Å². The number of nitrogens with zero attached hydrogens (tertiary/aromatic N) is 1. The Labute approximate surface area is 95.7 Å². The van der Waals surface area contributed by atoms with Crippen molar-refractivity contribution in [1.29, 1.82) is 0 Å². The molecule has 92 valence electrons. The Morgan fingerprint density at radius 1 is 1.53 bits per heavy atom. The van der Waals surface area contributed by atoms with Gasteiger partial charge in [-0.2, -0.15) is 5.10 Å². The molecule has 0 fully saturated rings. The van der Waals surface area contributed by atoms with E-state index in [4.69, 9.17) is 5.11 Å². The molecule has 0 radical (unpaired) electrons. The van der Waals surface area contributed by atoms with Gasteiger partial charge in [0.25, 0.3) is 0 Å². The average Bonchev–Trinajstić information content (AvgIpc) is 2.31. The van der Waals surface area contributed by atoms with Crippen molar-refractivity contribution in [2.24, 2.45) is 5.10 Å². The zero-order valence-electron chi connectivity index (χ0n) is 8.91. The molecule has 7 heteroatoms. The van der Waals surface area contributed by atoms with Crippen molar-refractivity contribution in [2.75, 3.05) is 13.7 Å². The number of methoxy groups -OCH3 is 1. The molecule has 1 aromatic carbocycles. The third-order valence-electron chi connectivity index (χ3n) is 1.86. The third kappa shape index (κ3) is 3.49. The van der Waals surface area contributed by atoms with Crippen molar-refractivity contribution < 1.29 is 23.4 Å². The van der Waals surface area contributed by atoms with E-state index >= 15 is 0 Å². The molecule has 0 aliphatic rings. The fraction of sp³-hybridized carbons (Fsp3) is 0.200. The maximum absolute atomic E-state index is 13.3. The van der Waals surface area contributed by atoms with E-state index in [0.717, 1.165) is 19.2 Å². The molecule has 1 rings (SSSR count). The maximum atomic E-state index is 13.3. The van der Waals surface area contributed by atoms with E-state index in [1.807, 2.05) is 5.43 Å². The van der Waals surface area contributed by atoms with Gasteiger partial charge >= 0.3 is 6.09 Å². The van der Waals surface area contributed by atoms with Gasteiger partial charge in [-0.1, -0.05) is 0 Å². The van der Waals surface area contributed by atoms with Crippen LogP contribution < -0.4 is 5.43 Å². The van der Waals surface area contributed by atoms with E-state index in [9.17, 15) is 13.6 Å². The van der Waals surface area contributed by atoms with Crippen LogP contribution in [0.2, 0.25) is 0 Å². The van der Waals surface area contributed by atoms with Gasteiger partial charge < -0.3 is 9.84 Å². The molecule has 0 aromatic heterocycles. The molecule has 0 unspecified atom stereocenters. The number of carbonyl (C=O) groups excluding carboxylic acids is 1. The highest BCUT2D eigenvalue weighted by atomic mass is 19.1. The number of halogens is 2. The number of amides is 1. The molecule has 0 saturated carbocycles. The number of carbonyl (C=O) groups is 1. The molecule has 1 amide bonds. The molecular weight excluding hydrogens is 234 g/mol. The summed E-state index contributed by atoms with van der Waals surface area (Å²) in [6.45, 7) is -0.619. The number of aliphatic hydroxyl groups is 1. The van der Waals surface area contributed by atoms with Crippen LogP contribution in [0.25, 0.3) is 0 Å². The Kier molecular flexibility index (Phi) is 4.53. The highest BCUT2D eigenvalue weighted by Crippen LogP contribution is 2.10. The Morgan fingerprint density at radius 3 is 2.76 bits per heavy atom. The molecular formula is C10H10F2N2O3. The highest BCUT2D eigenvalue weighted by Gasteiger charge is 2.10. The summed E-state index contributed by atoms with van der Waals surface area (Å²) in [5, 5.41) is 12.4. The Balaban J connectivity index is 2.97. The van der Waals surface area contributed by atoms with E-state index in [2.05, 4.69) is 9.84 Å². The second kappa shape index (κ2) is 5.90. The summed E-state index contributed by atoms with van der Waals surface area (Å²) < 4.78 is 30.2. The number of hydrogen-bond acceptors (Lipinski definition) is 4. The van der Waals surface area contributed by atoms with Crippen LogP contribution in [0.1, 0.15) is 5.56 Å². The maximum Gasteiger partial charge on any atom is 0.427 e. The van der Waals surface area contributed by atoms with Gasteiger partial charge in [0.05, 0.1) is 19.4 Å². The van der Waals surface area contributed by atoms with Crippen LogP contribution in [0, 0.1) is 11.6 Å². The smallest absolute Gasteiger partial charge is 0.427 e. The predicted molar refractivity (Wildman–Crippen MR) is 55.5 cm³/mol. The Morgan fingerprint density at radius 2 is 2.24 bits per heavy atom. The van der Waals surface area contributed by atoms with Crippen molar-refractivity contribution >= 4 is 11.8 Å². The minimum Gasteiger partial charge on any atom is -0.452 e.